The smallest absolute Gasteiger partial charge is 0.377 e. The van der Waals surface area contributed by atoms with E-state index in [0.29, 0.717) is 39.6 Å². The molecule has 1 fully saturated rings. The fraction of sp³-hybridized carbons (Fsp3) is 0.654. The SMILES string of the molecule is O=C(Nc1ccc([N+](=O)[O-])cc1)NC(CCCNC(=O)C(F)(F)F)C(=O)N1CCOCCOCCOCCOCCOCC1. The summed E-state index contributed by atoms with van der Waals surface area (Å²) in [7, 11) is 0. The standard InChI is InChI=1S/C26H38F3N5O10/c27-26(28,29)24(36)30-7-1-2-22(32-25(37)31-20-3-5-21(6-4-20)34(38)39)23(35)33-8-10-40-12-14-42-16-18-44-19-17-43-15-13-41-11-9-33/h3-6,22H,1-2,7-19H2,(H,30,36)(H2,31,32,37). The van der Waals surface area contributed by atoms with E-state index < -0.39 is 41.5 Å². The van der Waals surface area contributed by atoms with Crippen LogP contribution >= 0.6 is 0 Å². The van der Waals surface area contributed by atoms with Crippen molar-refractivity contribution in [3.8, 4) is 0 Å². The second-order valence-electron chi connectivity index (χ2n) is 9.24. The number of carbonyl (C=O) groups is 3. The maximum atomic E-state index is 13.6. The number of rotatable bonds is 8. The van der Waals surface area contributed by atoms with Crippen LogP contribution in [0, 0.1) is 10.1 Å². The molecule has 1 heterocycles. The molecule has 1 aromatic carbocycles. The number of hydrogen-bond acceptors (Lipinski definition) is 10. The number of nitrogens with zero attached hydrogens (tertiary/aromatic N) is 2. The fourth-order valence-electron chi connectivity index (χ4n) is 3.74. The molecule has 18 heteroatoms. The van der Waals surface area contributed by atoms with Crippen molar-refractivity contribution in [2.75, 3.05) is 91.0 Å². The summed E-state index contributed by atoms with van der Waals surface area (Å²) in [4.78, 5) is 49.2. The molecule has 0 spiro atoms. The van der Waals surface area contributed by atoms with Crippen LogP contribution in [-0.2, 0) is 33.3 Å². The van der Waals surface area contributed by atoms with Gasteiger partial charge in [0.1, 0.15) is 6.04 Å². The number of alkyl halides is 3. The number of halogens is 3. The van der Waals surface area contributed by atoms with Crippen molar-refractivity contribution in [1.29, 1.82) is 0 Å². The van der Waals surface area contributed by atoms with Crippen molar-refractivity contribution in [3.63, 3.8) is 0 Å². The lowest BCUT2D eigenvalue weighted by molar-refractivity contribution is -0.384. The van der Waals surface area contributed by atoms with Crippen LogP contribution in [0.1, 0.15) is 12.8 Å². The average molecular weight is 638 g/mol. The molecule has 1 saturated heterocycles. The first kappa shape index (κ1) is 36.6. The first-order valence-electron chi connectivity index (χ1n) is 13.9. The number of nitrogens with one attached hydrogen (secondary N) is 3. The first-order chi connectivity index (χ1) is 21.1. The van der Waals surface area contributed by atoms with Crippen molar-refractivity contribution < 1.29 is 56.2 Å². The molecule has 1 atom stereocenters. The molecule has 0 aliphatic carbocycles. The predicted octanol–water partition coefficient (Wildman–Crippen LogP) is 1.47. The summed E-state index contributed by atoms with van der Waals surface area (Å²) in [6.07, 6.45) is -5.25. The number of anilines is 1. The molecule has 2 rings (SSSR count). The van der Waals surface area contributed by atoms with Crippen LogP contribution in [0.4, 0.5) is 29.3 Å². The Hall–Kier alpha value is -3.58. The molecule has 44 heavy (non-hydrogen) atoms. The summed E-state index contributed by atoms with van der Waals surface area (Å²) >= 11 is 0. The van der Waals surface area contributed by atoms with Crippen LogP contribution < -0.4 is 16.0 Å². The van der Waals surface area contributed by atoms with Gasteiger partial charge in [-0.3, -0.25) is 19.7 Å². The molecule has 1 aliphatic rings. The minimum Gasteiger partial charge on any atom is -0.377 e. The number of nitro groups is 1. The monoisotopic (exact) mass is 637 g/mol. The van der Waals surface area contributed by atoms with Gasteiger partial charge in [0.05, 0.1) is 71.0 Å². The van der Waals surface area contributed by atoms with Crippen molar-refractivity contribution in [3.05, 3.63) is 34.4 Å². The highest BCUT2D eigenvalue weighted by molar-refractivity contribution is 5.93. The molecule has 0 saturated carbocycles. The highest BCUT2D eigenvalue weighted by Crippen LogP contribution is 2.16. The third-order valence-corrected chi connectivity index (χ3v) is 5.96. The number of hydrogen-bond donors (Lipinski definition) is 3. The van der Waals surface area contributed by atoms with E-state index in [4.69, 9.17) is 23.7 Å². The molecule has 0 aromatic heterocycles. The fourth-order valence-corrected chi connectivity index (χ4v) is 3.74. The van der Waals surface area contributed by atoms with E-state index in [1.54, 1.807) is 5.32 Å². The Balaban J connectivity index is 2.07. The third-order valence-electron chi connectivity index (χ3n) is 5.96. The van der Waals surface area contributed by atoms with Crippen molar-refractivity contribution in [2.24, 2.45) is 0 Å². The summed E-state index contributed by atoms with van der Waals surface area (Å²) in [5, 5.41) is 17.6. The number of amides is 4. The molecule has 248 valence electrons. The highest BCUT2D eigenvalue weighted by atomic mass is 19.4. The minimum atomic E-state index is -5.06. The van der Waals surface area contributed by atoms with Crippen molar-refractivity contribution in [1.82, 2.24) is 15.5 Å². The average Bonchev–Trinajstić information content (AvgIpc) is 2.98. The van der Waals surface area contributed by atoms with Crippen LogP contribution in [0.5, 0.6) is 0 Å². The molecule has 0 radical (unpaired) electrons. The van der Waals surface area contributed by atoms with Crippen molar-refractivity contribution >= 4 is 29.2 Å². The maximum Gasteiger partial charge on any atom is 0.471 e. The third kappa shape index (κ3) is 15.2. The van der Waals surface area contributed by atoms with Crippen LogP contribution in [0.15, 0.2) is 24.3 Å². The van der Waals surface area contributed by atoms with Gasteiger partial charge in [-0.25, -0.2) is 4.79 Å². The largest absolute Gasteiger partial charge is 0.471 e. The summed E-state index contributed by atoms with van der Waals surface area (Å²) in [5.74, 6) is -2.68. The Labute approximate surface area is 251 Å². The summed E-state index contributed by atoms with van der Waals surface area (Å²) in [5.41, 5.74) is 0.00594. The van der Waals surface area contributed by atoms with E-state index in [1.165, 1.54) is 29.2 Å². The van der Waals surface area contributed by atoms with E-state index in [2.05, 4.69) is 10.6 Å². The van der Waals surface area contributed by atoms with Gasteiger partial charge in [-0.2, -0.15) is 13.2 Å². The maximum absolute atomic E-state index is 13.6. The Morgan fingerprint density at radius 3 is 1.77 bits per heavy atom. The number of urea groups is 1. The Bertz CT molecular complexity index is 1010. The number of benzene rings is 1. The number of nitro benzene ring substituents is 1. The van der Waals surface area contributed by atoms with Crippen molar-refractivity contribution in [2.45, 2.75) is 25.1 Å². The van der Waals surface area contributed by atoms with Gasteiger partial charge in [0, 0.05) is 37.5 Å². The molecule has 0 bridgehead atoms. The van der Waals surface area contributed by atoms with Crippen LogP contribution in [0.25, 0.3) is 0 Å². The zero-order valence-corrected chi connectivity index (χ0v) is 24.1. The molecule has 4 amide bonds. The van der Waals surface area contributed by atoms with E-state index in [-0.39, 0.29) is 63.7 Å². The first-order valence-corrected chi connectivity index (χ1v) is 13.9. The Morgan fingerprint density at radius 2 is 1.32 bits per heavy atom. The molecule has 15 nitrogen and oxygen atoms in total. The van der Waals surface area contributed by atoms with Gasteiger partial charge in [0.2, 0.25) is 5.91 Å². The van der Waals surface area contributed by atoms with Crippen LogP contribution in [0.2, 0.25) is 0 Å². The molecular weight excluding hydrogens is 599 g/mol. The minimum absolute atomic E-state index is 0.0741. The van der Waals surface area contributed by atoms with Crippen LogP contribution in [0.3, 0.4) is 0 Å². The predicted molar refractivity (Wildman–Crippen MR) is 148 cm³/mol. The van der Waals surface area contributed by atoms with Gasteiger partial charge < -0.3 is 44.5 Å². The van der Waals surface area contributed by atoms with E-state index in [9.17, 15) is 37.7 Å². The van der Waals surface area contributed by atoms with E-state index >= 15 is 0 Å². The summed E-state index contributed by atoms with van der Waals surface area (Å²) in [6, 6.07) is 2.92. The Morgan fingerprint density at radius 1 is 0.841 bits per heavy atom. The molecule has 1 aliphatic heterocycles. The number of non-ortho nitro benzene ring substituents is 1. The molecule has 3 N–H and O–H groups in total. The van der Waals surface area contributed by atoms with Gasteiger partial charge in [-0.15, -0.1) is 0 Å². The second kappa shape index (κ2) is 20.4. The topological polar surface area (TPSA) is 180 Å². The molecule has 1 aromatic rings. The quantitative estimate of drug-likeness (QED) is 0.215. The van der Waals surface area contributed by atoms with Gasteiger partial charge in [0.25, 0.3) is 5.69 Å². The van der Waals surface area contributed by atoms with Gasteiger partial charge in [-0.05, 0) is 25.0 Å². The lowest BCUT2D eigenvalue weighted by Gasteiger charge is -2.28. The lowest BCUT2D eigenvalue weighted by Crippen LogP contribution is -2.51. The molecular formula is C26H38F3N5O10. The highest BCUT2D eigenvalue weighted by Gasteiger charge is 2.38. The van der Waals surface area contributed by atoms with Gasteiger partial charge in [0.15, 0.2) is 0 Å². The van der Waals surface area contributed by atoms with Gasteiger partial charge >= 0.3 is 18.1 Å². The second-order valence-corrected chi connectivity index (χ2v) is 9.24. The van der Waals surface area contributed by atoms with Crippen LogP contribution in [-0.4, -0.2) is 126 Å². The van der Waals surface area contributed by atoms with E-state index in [0.717, 1.165) is 0 Å². The number of carbonyl (C=O) groups excluding carboxylic acids is 3. The van der Waals surface area contributed by atoms with E-state index in [1.807, 2.05) is 0 Å². The zero-order valence-electron chi connectivity index (χ0n) is 24.1. The number of ether oxygens (including phenoxy) is 5. The zero-order chi connectivity index (χ0) is 32.2. The Kier molecular flexibility index (Phi) is 17.0. The summed E-state index contributed by atoms with van der Waals surface area (Å²) in [6.45, 7) is 2.69. The van der Waals surface area contributed by atoms with Gasteiger partial charge in [-0.1, -0.05) is 0 Å². The molecule has 1 unspecified atom stereocenters. The summed E-state index contributed by atoms with van der Waals surface area (Å²) < 4.78 is 65.0. The normalized spacial score (nSPS) is 17.4. The lowest BCUT2D eigenvalue weighted by atomic mass is 10.1.